The highest BCUT2D eigenvalue weighted by Crippen LogP contribution is 2.21. The monoisotopic (exact) mass is 432 g/mol. The van der Waals surface area contributed by atoms with Gasteiger partial charge in [-0.2, -0.15) is 5.10 Å². The molecule has 8 heteroatoms. The number of amides is 2. The van der Waals surface area contributed by atoms with Crippen LogP contribution in [0.5, 0.6) is 0 Å². The molecule has 2 aromatic carbocycles. The summed E-state index contributed by atoms with van der Waals surface area (Å²) in [7, 11) is 0. The van der Waals surface area contributed by atoms with Gasteiger partial charge in [0.2, 0.25) is 0 Å². The quantitative estimate of drug-likeness (QED) is 0.425. The number of aromatic amines is 1. The lowest BCUT2D eigenvalue weighted by Gasteiger charge is -2.04. The first-order valence-corrected chi connectivity index (χ1v) is 8.82. The molecule has 26 heavy (non-hydrogen) atoms. The average Bonchev–Trinajstić information content (AvgIpc) is 3.02. The van der Waals surface area contributed by atoms with Gasteiger partial charge in [0.15, 0.2) is 0 Å². The molecule has 3 aromatic rings. The van der Waals surface area contributed by atoms with Crippen molar-refractivity contribution in [3.05, 3.63) is 69.3 Å². The Morgan fingerprint density at radius 1 is 1.23 bits per heavy atom. The second-order valence-electron chi connectivity index (χ2n) is 5.42. The van der Waals surface area contributed by atoms with Crippen molar-refractivity contribution in [2.45, 2.75) is 0 Å². The zero-order valence-corrected chi connectivity index (χ0v) is 15.8. The van der Waals surface area contributed by atoms with E-state index < -0.39 is 5.91 Å². The van der Waals surface area contributed by atoms with Crippen LogP contribution in [0.15, 0.2) is 58.2 Å². The summed E-state index contributed by atoms with van der Waals surface area (Å²) >= 11 is 9.26. The SMILES string of the molecule is O=C(CNC(=O)c1cccc(Cl)c1)N/N=C\c1c[nH]c2ccc(Br)cc12. The lowest BCUT2D eigenvalue weighted by atomic mass is 10.2. The fourth-order valence-electron chi connectivity index (χ4n) is 2.33. The second kappa shape index (κ2) is 8.16. The summed E-state index contributed by atoms with van der Waals surface area (Å²) in [6.07, 6.45) is 3.34. The number of hydrazone groups is 1. The number of benzene rings is 2. The molecule has 0 radical (unpaired) electrons. The van der Waals surface area contributed by atoms with Crippen molar-refractivity contribution in [1.82, 2.24) is 15.7 Å². The van der Waals surface area contributed by atoms with Crippen LogP contribution in [0.2, 0.25) is 5.02 Å². The third-order valence-corrected chi connectivity index (χ3v) is 4.29. The van der Waals surface area contributed by atoms with Gasteiger partial charge in [-0.1, -0.05) is 33.6 Å². The molecular formula is C18H14BrClN4O2. The molecule has 0 saturated carbocycles. The van der Waals surface area contributed by atoms with Gasteiger partial charge in [-0.15, -0.1) is 0 Å². The van der Waals surface area contributed by atoms with Gasteiger partial charge in [0.1, 0.15) is 0 Å². The van der Waals surface area contributed by atoms with Crippen molar-refractivity contribution in [3.63, 3.8) is 0 Å². The van der Waals surface area contributed by atoms with E-state index in [9.17, 15) is 9.59 Å². The number of carbonyl (C=O) groups excluding carboxylic acids is 2. The fraction of sp³-hybridized carbons (Fsp3) is 0.0556. The number of H-pyrrole nitrogens is 1. The molecule has 3 rings (SSSR count). The molecule has 0 aliphatic heterocycles. The highest BCUT2D eigenvalue weighted by Gasteiger charge is 2.08. The zero-order chi connectivity index (χ0) is 18.5. The van der Waals surface area contributed by atoms with Crippen molar-refractivity contribution in [1.29, 1.82) is 0 Å². The number of rotatable bonds is 5. The van der Waals surface area contributed by atoms with Gasteiger partial charge in [-0.25, -0.2) is 5.43 Å². The molecule has 0 aliphatic carbocycles. The normalized spacial score (nSPS) is 11.0. The van der Waals surface area contributed by atoms with Crippen molar-refractivity contribution >= 4 is 56.5 Å². The Kier molecular flexibility index (Phi) is 5.70. The summed E-state index contributed by atoms with van der Waals surface area (Å²) < 4.78 is 0.951. The molecule has 132 valence electrons. The minimum Gasteiger partial charge on any atom is -0.361 e. The number of nitrogens with zero attached hydrogens (tertiary/aromatic N) is 1. The van der Waals surface area contributed by atoms with Crippen LogP contribution in [0.3, 0.4) is 0 Å². The molecular weight excluding hydrogens is 420 g/mol. The Bertz CT molecular complexity index is 1000. The maximum Gasteiger partial charge on any atom is 0.259 e. The highest BCUT2D eigenvalue weighted by molar-refractivity contribution is 9.10. The minimum atomic E-state index is -0.433. The van der Waals surface area contributed by atoms with Gasteiger partial charge in [0.25, 0.3) is 11.8 Å². The average molecular weight is 434 g/mol. The number of nitrogens with one attached hydrogen (secondary N) is 3. The number of fused-ring (bicyclic) bond motifs is 1. The molecule has 0 atom stereocenters. The van der Waals surface area contributed by atoms with E-state index in [4.69, 9.17) is 11.6 Å². The third kappa shape index (κ3) is 4.50. The van der Waals surface area contributed by atoms with Gasteiger partial charge >= 0.3 is 0 Å². The largest absolute Gasteiger partial charge is 0.361 e. The van der Waals surface area contributed by atoms with Gasteiger partial charge in [0, 0.05) is 37.7 Å². The topological polar surface area (TPSA) is 86.3 Å². The summed E-state index contributed by atoms with van der Waals surface area (Å²) in [4.78, 5) is 26.9. The van der Waals surface area contributed by atoms with E-state index in [1.54, 1.807) is 30.6 Å². The molecule has 2 amide bonds. The second-order valence-corrected chi connectivity index (χ2v) is 6.77. The van der Waals surface area contributed by atoms with E-state index in [2.05, 4.69) is 36.8 Å². The van der Waals surface area contributed by atoms with Crippen LogP contribution in [-0.4, -0.2) is 29.6 Å². The molecule has 1 heterocycles. The molecule has 0 unspecified atom stereocenters. The first-order valence-electron chi connectivity index (χ1n) is 7.65. The number of aromatic nitrogens is 1. The molecule has 0 aliphatic rings. The summed E-state index contributed by atoms with van der Waals surface area (Å²) in [6.45, 7) is -0.192. The van der Waals surface area contributed by atoms with Crippen molar-refractivity contribution in [2.24, 2.45) is 5.10 Å². The zero-order valence-electron chi connectivity index (χ0n) is 13.4. The van der Waals surface area contributed by atoms with Crippen molar-refractivity contribution in [2.75, 3.05) is 6.54 Å². The number of carbonyl (C=O) groups is 2. The van der Waals surface area contributed by atoms with E-state index in [1.807, 2.05) is 18.2 Å². The first-order chi connectivity index (χ1) is 12.5. The van der Waals surface area contributed by atoms with Gasteiger partial charge < -0.3 is 10.3 Å². The van der Waals surface area contributed by atoms with Gasteiger partial charge in [-0.05, 0) is 36.4 Å². The molecule has 1 aromatic heterocycles. The van der Waals surface area contributed by atoms with E-state index in [0.717, 1.165) is 20.9 Å². The molecule has 0 bridgehead atoms. The minimum absolute atomic E-state index is 0.192. The molecule has 0 fully saturated rings. The van der Waals surface area contributed by atoms with E-state index in [1.165, 1.54) is 6.07 Å². The molecule has 6 nitrogen and oxygen atoms in total. The van der Waals surface area contributed by atoms with Crippen LogP contribution in [0, 0.1) is 0 Å². The van der Waals surface area contributed by atoms with Crippen LogP contribution < -0.4 is 10.7 Å². The van der Waals surface area contributed by atoms with E-state index in [0.29, 0.717) is 10.6 Å². The third-order valence-electron chi connectivity index (χ3n) is 3.56. The Morgan fingerprint density at radius 3 is 2.88 bits per heavy atom. The van der Waals surface area contributed by atoms with Crippen LogP contribution in [0.25, 0.3) is 10.9 Å². The smallest absolute Gasteiger partial charge is 0.259 e. The molecule has 0 saturated heterocycles. The van der Waals surface area contributed by atoms with E-state index in [-0.39, 0.29) is 12.5 Å². The first kappa shape index (κ1) is 18.2. The summed E-state index contributed by atoms with van der Waals surface area (Å²) in [5.41, 5.74) is 4.57. The highest BCUT2D eigenvalue weighted by atomic mass is 79.9. The summed E-state index contributed by atoms with van der Waals surface area (Å²) in [6, 6.07) is 12.3. The lowest BCUT2D eigenvalue weighted by Crippen LogP contribution is -2.34. The summed E-state index contributed by atoms with van der Waals surface area (Å²) in [5, 5.41) is 7.87. The molecule has 3 N–H and O–H groups in total. The maximum absolute atomic E-state index is 11.9. The predicted molar refractivity (Wildman–Crippen MR) is 106 cm³/mol. The van der Waals surface area contributed by atoms with Gasteiger partial charge in [-0.3, -0.25) is 9.59 Å². The Hall–Kier alpha value is -2.64. The number of hydrogen-bond acceptors (Lipinski definition) is 3. The fourth-order valence-corrected chi connectivity index (χ4v) is 2.88. The van der Waals surface area contributed by atoms with Crippen LogP contribution in [0.1, 0.15) is 15.9 Å². The summed E-state index contributed by atoms with van der Waals surface area (Å²) in [5.74, 6) is -0.814. The van der Waals surface area contributed by atoms with Crippen molar-refractivity contribution < 1.29 is 9.59 Å². The number of hydrogen-bond donors (Lipinski definition) is 3. The van der Waals surface area contributed by atoms with Crippen molar-refractivity contribution in [3.8, 4) is 0 Å². The lowest BCUT2D eigenvalue weighted by molar-refractivity contribution is -0.120. The number of halogens is 2. The Morgan fingerprint density at radius 2 is 2.08 bits per heavy atom. The van der Waals surface area contributed by atoms with E-state index >= 15 is 0 Å². The van der Waals surface area contributed by atoms with Crippen LogP contribution >= 0.6 is 27.5 Å². The Balaban J connectivity index is 1.54. The van der Waals surface area contributed by atoms with Crippen LogP contribution in [0.4, 0.5) is 0 Å². The van der Waals surface area contributed by atoms with Crippen LogP contribution in [-0.2, 0) is 4.79 Å². The standard InChI is InChI=1S/C18H14BrClN4O2/c19-13-4-5-16-15(7-13)12(8-21-16)9-23-24-17(25)10-22-18(26)11-2-1-3-14(20)6-11/h1-9,21H,10H2,(H,22,26)(H,24,25)/b23-9-. The predicted octanol–water partition coefficient (Wildman–Crippen LogP) is 3.46. The Labute approximate surface area is 162 Å². The molecule has 0 spiro atoms. The maximum atomic E-state index is 11.9. The van der Waals surface area contributed by atoms with Gasteiger partial charge in [0.05, 0.1) is 12.8 Å².